The van der Waals surface area contributed by atoms with E-state index < -0.39 is 16.6 Å². The third-order valence-electron chi connectivity index (χ3n) is 9.72. The Bertz CT molecular complexity index is 1250. The number of aliphatic hydroxyl groups excluding tert-OH is 1. The average molecular weight is 649 g/mol. The lowest BCUT2D eigenvalue weighted by atomic mass is 9.99. The Balaban J connectivity index is 1.55. The third kappa shape index (κ3) is 8.83. The summed E-state index contributed by atoms with van der Waals surface area (Å²) < 4.78 is 27.2. The fourth-order valence-corrected chi connectivity index (χ4v) is 12.2. The molecule has 0 radical (unpaired) electrons. The van der Waals surface area contributed by atoms with Crippen LogP contribution in [-0.2, 0) is 24.9 Å². The molecule has 1 N–H and O–H groups in total. The Hall–Kier alpha value is -2.11. The minimum atomic E-state index is -2.70. The van der Waals surface area contributed by atoms with E-state index in [1.54, 1.807) is 0 Å². The van der Waals surface area contributed by atoms with Crippen molar-refractivity contribution in [1.29, 1.82) is 0 Å². The fraction of sp³-hybridized carbons (Fsp3) is 0.526. The number of hydrogen-bond donors (Lipinski definition) is 1. The zero-order valence-corrected chi connectivity index (χ0v) is 30.8. The second-order valence-corrected chi connectivity index (χ2v) is 24.3. The van der Waals surface area contributed by atoms with Crippen LogP contribution >= 0.6 is 0 Å². The van der Waals surface area contributed by atoms with Gasteiger partial charge < -0.3 is 23.4 Å². The fourth-order valence-electron chi connectivity index (χ4n) is 6.22. The lowest BCUT2D eigenvalue weighted by Crippen LogP contribution is -2.67. The lowest BCUT2D eigenvalue weighted by Gasteiger charge is -2.43. The van der Waals surface area contributed by atoms with Gasteiger partial charge in [-0.05, 0) is 45.5 Å². The molecule has 4 atom stereocenters. The molecule has 246 valence electrons. The van der Waals surface area contributed by atoms with Crippen molar-refractivity contribution < 1.29 is 23.4 Å². The zero-order valence-electron chi connectivity index (χ0n) is 28.8. The molecule has 5 nitrogen and oxygen atoms in total. The van der Waals surface area contributed by atoms with Crippen molar-refractivity contribution in [3.05, 3.63) is 96.6 Å². The summed E-state index contributed by atoms with van der Waals surface area (Å²) in [5.74, 6) is -0.0411. The summed E-state index contributed by atoms with van der Waals surface area (Å²) in [6.07, 6.45) is 1.17. The van der Waals surface area contributed by atoms with Gasteiger partial charge in [0.2, 0.25) is 0 Å². The van der Waals surface area contributed by atoms with Gasteiger partial charge in [0.15, 0.2) is 8.32 Å². The van der Waals surface area contributed by atoms with E-state index in [2.05, 4.69) is 127 Å². The van der Waals surface area contributed by atoms with Gasteiger partial charge >= 0.3 is 0 Å². The normalized spacial score (nSPS) is 20.3. The maximum absolute atomic E-state index is 10.4. The molecular formula is C38H56O5Si2. The highest BCUT2D eigenvalue weighted by atomic mass is 28.4. The van der Waals surface area contributed by atoms with Gasteiger partial charge in [0.05, 0.1) is 38.1 Å². The molecule has 45 heavy (non-hydrogen) atoms. The highest BCUT2D eigenvalue weighted by molar-refractivity contribution is 6.99. The predicted molar refractivity (Wildman–Crippen MR) is 190 cm³/mol. The molecule has 0 saturated carbocycles. The molecule has 0 spiro atoms. The standard InChI is InChI=1S/C38H56O5Si2/c1-37(2,3)44(7,8)43-36-25-32(42-35(36)24-31(26-39)28-40-27-30-18-12-9-13-19-30)29-41-45(38(4,5)6,33-20-14-10-15-21-33)34-22-16-11-17-23-34/h9-23,31-32,35-36,39H,24-29H2,1-8H3/t31-,32+,35-,36-/m1/s1. The first-order chi connectivity index (χ1) is 21.3. The minimum absolute atomic E-state index is 0.0411. The van der Waals surface area contributed by atoms with Gasteiger partial charge in [0.25, 0.3) is 8.32 Å². The first-order valence-electron chi connectivity index (χ1n) is 16.6. The summed E-state index contributed by atoms with van der Waals surface area (Å²) in [4.78, 5) is 0. The van der Waals surface area contributed by atoms with Crippen molar-refractivity contribution in [2.75, 3.05) is 19.8 Å². The number of aliphatic hydroxyl groups is 1. The number of ether oxygens (including phenoxy) is 2. The second-order valence-electron chi connectivity index (χ2n) is 15.2. The molecule has 0 unspecified atom stereocenters. The molecule has 1 aliphatic heterocycles. The Morgan fingerprint density at radius 2 is 1.33 bits per heavy atom. The van der Waals surface area contributed by atoms with Crippen LogP contribution < -0.4 is 10.4 Å². The van der Waals surface area contributed by atoms with Crippen LogP contribution in [-0.4, -0.2) is 59.9 Å². The minimum Gasteiger partial charge on any atom is -0.411 e. The molecule has 3 aromatic rings. The third-order valence-corrected chi connectivity index (χ3v) is 19.2. The van der Waals surface area contributed by atoms with Crippen molar-refractivity contribution >= 4 is 27.0 Å². The molecule has 1 saturated heterocycles. The molecule has 0 aromatic heterocycles. The van der Waals surface area contributed by atoms with Crippen molar-refractivity contribution in [3.8, 4) is 0 Å². The molecule has 0 bridgehead atoms. The highest BCUT2D eigenvalue weighted by Crippen LogP contribution is 2.41. The van der Waals surface area contributed by atoms with Crippen molar-refractivity contribution in [3.63, 3.8) is 0 Å². The van der Waals surface area contributed by atoms with Crippen molar-refractivity contribution in [2.24, 2.45) is 5.92 Å². The molecule has 4 rings (SSSR count). The van der Waals surface area contributed by atoms with E-state index in [0.29, 0.717) is 26.2 Å². The van der Waals surface area contributed by atoms with E-state index in [1.807, 2.05) is 18.2 Å². The van der Waals surface area contributed by atoms with Crippen LogP contribution in [0.3, 0.4) is 0 Å². The van der Waals surface area contributed by atoms with E-state index in [0.717, 1.165) is 12.0 Å². The topological polar surface area (TPSA) is 57.2 Å². The summed E-state index contributed by atoms with van der Waals surface area (Å²) >= 11 is 0. The molecular weight excluding hydrogens is 593 g/mol. The first kappa shape index (κ1) is 35.7. The van der Waals surface area contributed by atoms with Crippen LogP contribution in [0.25, 0.3) is 0 Å². The van der Waals surface area contributed by atoms with Crippen LogP contribution in [0, 0.1) is 5.92 Å². The lowest BCUT2D eigenvalue weighted by molar-refractivity contribution is -0.0324. The molecule has 1 heterocycles. The van der Waals surface area contributed by atoms with E-state index in [1.165, 1.54) is 10.4 Å². The van der Waals surface area contributed by atoms with Gasteiger partial charge in [0, 0.05) is 18.9 Å². The van der Waals surface area contributed by atoms with Crippen LogP contribution in [0.15, 0.2) is 91.0 Å². The van der Waals surface area contributed by atoms with Crippen LogP contribution in [0.1, 0.15) is 59.9 Å². The molecule has 1 aliphatic rings. The SMILES string of the molecule is CC(C)(C)[Si](C)(C)O[C@@H]1C[C@@H](CO[Si](c2ccccc2)(c2ccccc2)C(C)(C)C)O[C@@H]1C[C@H](CO)COCc1ccccc1. The molecule has 7 heteroatoms. The highest BCUT2D eigenvalue weighted by Gasteiger charge is 2.51. The maximum Gasteiger partial charge on any atom is 0.261 e. The van der Waals surface area contributed by atoms with Crippen LogP contribution in [0.5, 0.6) is 0 Å². The molecule has 0 amide bonds. The smallest absolute Gasteiger partial charge is 0.261 e. The summed E-state index contributed by atoms with van der Waals surface area (Å²) in [6, 6.07) is 31.7. The Morgan fingerprint density at radius 3 is 1.82 bits per heavy atom. The molecule has 1 fully saturated rings. The van der Waals surface area contributed by atoms with E-state index in [4.69, 9.17) is 18.3 Å². The zero-order chi connectivity index (χ0) is 32.7. The van der Waals surface area contributed by atoms with Crippen molar-refractivity contribution in [2.45, 2.75) is 102 Å². The average Bonchev–Trinajstić information content (AvgIpc) is 3.37. The van der Waals surface area contributed by atoms with Gasteiger partial charge in [-0.15, -0.1) is 0 Å². The van der Waals surface area contributed by atoms with Crippen molar-refractivity contribution in [1.82, 2.24) is 0 Å². The van der Waals surface area contributed by atoms with Gasteiger partial charge in [-0.25, -0.2) is 0 Å². The summed E-state index contributed by atoms with van der Waals surface area (Å²) in [5, 5.41) is 12.9. The van der Waals surface area contributed by atoms with Crippen LogP contribution in [0.2, 0.25) is 23.2 Å². The largest absolute Gasteiger partial charge is 0.411 e. The molecule has 0 aliphatic carbocycles. The quantitative estimate of drug-likeness (QED) is 0.186. The van der Waals surface area contributed by atoms with Gasteiger partial charge in [-0.3, -0.25) is 0 Å². The first-order valence-corrected chi connectivity index (χ1v) is 21.4. The number of hydrogen-bond acceptors (Lipinski definition) is 5. The molecule has 3 aromatic carbocycles. The summed E-state index contributed by atoms with van der Waals surface area (Å²) in [7, 11) is -4.77. The second kappa shape index (κ2) is 15.2. The Morgan fingerprint density at radius 1 is 0.800 bits per heavy atom. The Kier molecular flexibility index (Phi) is 12.1. The summed E-state index contributed by atoms with van der Waals surface area (Å²) in [5.41, 5.74) is 1.13. The summed E-state index contributed by atoms with van der Waals surface area (Å²) in [6.45, 7) is 19.9. The maximum atomic E-state index is 10.4. The van der Waals surface area contributed by atoms with E-state index in [-0.39, 0.29) is 40.9 Å². The van der Waals surface area contributed by atoms with Gasteiger partial charge in [-0.2, -0.15) is 0 Å². The monoisotopic (exact) mass is 648 g/mol. The van der Waals surface area contributed by atoms with E-state index in [9.17, 15) is 5.11 Å². The van der Waals surface area contributed by atoms with Crippen LogP contribution in [0.4, 0.5) is 0 Å². The van der Waals surface area contributed by atoms with Gasteiger partial charge in [-0.1, -0.05) is 133 Å². The number of rotatable bonds is 14. The Labute approximate surface area is 274 Å². The van der Waals surface area contributed by atoms with E-state index >= 15 is 0 Å². The van der Waals surface area contributed by atoms with Gasteiger partial charge in [0.1, 0.15) is 0 Å². The predicted octanol–water partition coefficient (Wildman–Crippen LogP) is 7.33. The number of benzene rings is 3.